The third kappa shape index (κ3) is 65.0. The Bertz CT molecular complexity index is 1910. The second-order valence-corrected chi connectivity index (χ2v) is 20.0. The van der Waals surface area contributed by atoms with Crippen molar-refractivity contribution in [3.05, 3.63) is 207 Å². The predicted molar refractivity (Wildman–Crippen MR) is 352 cm³/mol. The number of aliphatic hydroxyl groups is 1. The first kappa shape index (κ1) is 74.5. The average Bonchev–Trinajstić information content (AvgIpc) is 3.46. The van der Waals surface area contributed by atoms with Crippen LogP contribution in [0.25, 0.3) is 0 Å². The minimum Gasteiger partial charge on any atom is -0.462 e. The highest BCUT2D eigenvalue weighted by molar-refractivity contribution is 5.70. The number of allylic oxidation sites excluding steroid dienone is 34. The fraction of sp³-hybridized carbons (Fsp3) is 0.520. The number of hydrogen-bond donors (Lipinski definition) is 1. The fourth-order valence-corrected chi connectivity index (χ4v) is 7.92. The van der Waals surface area contributed by atoms with Gasteiger partial charge in [0, 0.05) is 12.8 Å². The van der Waals surface area contributed by atoms with E-state index in [0.29, 0.717) is 12.8 Å². The molecule has 5 nitrogen and oxygen atoms in total. The first-order valence-corrected chi connectivity index (χ1v) is 31.6. The largest absolute Gasteiger partial charge is 0.462 e. The summed E-state index contributed by atoms with van der Waals surface area (Å²) in [5.41, 5.74) is 0. The summed E-state index contributed by atoms with van der Waals surface area (Å²) in [7, 11) is 0. The number of aliphatic hydroxyl groups excluding tert-OH is 1. The van der Waals surface area contributed by atoms with E-state index in [4.69, 9.17) is 9.47 Å². The van der Waals surface area contributed by atoms with E-state index in [1.807, 2.05) is 0 Å². The Hall–Kier alpha value is -5.52. The molecule has 0 rings (SSSR count). The molecular weight excluding hydrogens is 981 g/mol. The summed E-state index contributed by atoms with van der Waals surface area (Å²) < 4.78 is 10.7. The van der Waals surface area contributed by atoms with Crippen LogP contribution in [-0.4, -0.2) is 36.4 Å². The van der Waals surface area contributed by atoms with Crippen molar-refractivity contribution in [1.29, 1.82) is 0 Å². The molecule has 5 heteroatoms. The van der Waals surface area contributed by atoms with Crippen molar-refractivity contribution in [3.63, 3.8) is 0 Å². The molecule has 0 heterocycles. The Balaban J connectivity index is 3.67. The van der Waals surface area contributed by atoms with Gasteiger partial charge in [0.15, 0.2) is 6.10 Å². The minimum absolute atomic E-state index is 0.0995. The predicted octanol–water partition coefficient (Wildman–Crippen LogP) is 22.2. The van der Waals surface area contributed by atoms with Gasteiger partial charge in [-0.1, -0.05) is 278 Å². The van der Waals surface area contributed by atoms with E-state index in [-0.39, 0.29) is 31.6 Å². The molecule has 0 aliphatic rings. The molecule has 0 bridgehead atoms. The van der Waals surface area contributed by atoms with E-state index in [0.717, 1.165) is 141 Å². The Morgan fingerprint density at radius 3 is 0.775 bits per heavy atom. The van der Waals surface area contributed by atoms with Crippen LogP contribution < -0.4 is 0 Å². The van der Waals surface area contributed by atoms with Crippen molar-refractivity contribution in [3.8, 4) is 0 Å². The standard InChI is InChI=1S/C75H114O5/c1-3-5-7-9-11-13-15-17-19-21-23-25-27-29-31-33-35-37-39-41-43-45-47-49-51-53-55-57-59-61-63-65-67-69-74(77)79-72-73(71-76)80-75(78)70-68-66-64-62-60-58-56-54-52-50-48-46-44-42-40-38-36-34-32-30-28-26-24-22-20-18-16-14-12-10-8-6-4-2/h5-8,11-14,17-20,23-26,29-32,35-38,41-44,48,50,54,56,60,62,73,76H,3-4,9-10,15-16,21-22,27-28,33-34,39-40,45-47,49,51-53,55,57-59,61,63-72H2,1-2H3/b7-5-,8-6-,13-11-,14-12-,19-17-,20-18-,25-23-,26-24-,31-29-,32-30-,37-35-,38-36-,43-41-,44-42-,50-48-,56-54-,62-60-. The lowest BCUT2D eigenvalue weighted by Crippen LogP contribution is -2.28. The van der Waals surface area contributed by atoms with Crippen LogP contribution in [0.1, 0.15) is 232 Å². The summed E-state index contributed by atoms with van der Waals surface area (Å²) >= 11 is 0. The van der Waals surface area contributed by atoms with E-state index < -0.39 is 6.10 Å². The lowest BCUT2D eigenvalue weighted by atomic mass is 10.0. The van der Waals surface area contributed by atoms with Crippen LogP contribution in [0.3, 0.4) is 0 Å². The molecule has 0 aliphatic carbocycles. The zero-order valence-corrected chi connectivity index (χ0v) is 50.7. The molecule has 0 fully saturated rings. The van der Waals surface area contributed by atoms with E-state index in [2.05, 4.69) is 220 Å². The lowest BCUT2D eigenvalue weighted by Gasteiger charge is -2.15. The topological polar surface area (TPSA) is 72.8 Å². The Morgan fingerprint density at radius 2 is 0.500 bits per heavy atom. The van der Waals surface area contributed by atoms with E-state index in [1.54, 1.807) is 0 Å². The van der Waals surface area contributed by atoms with E-state index >= 15 is 0 Å². The van der Waals surface area contributed by atoms with Gasteiger partial charge < -0.3 is 14.6 Å². The molecule has 0 aliphatic heterocycles. The summed E-state index contributed by atoms with van der Waals surface area (Å²) in [5.74, 6) is -0.661. The Kier molecular flexibility index (Phi) is 63.1. The third-order valence-corrected chi connectivity index (χ3v) is 12.6. The van der Waals surface area contributed by atoms with Crippen molar-refractivity contribution >= 4 is 11.9 Å². The monoisotopic (exact) mass is 1090 g/mol. The molecule has 0 aromatic heterocycles. The summed E-state index contributed by atoms with van der Waals surface area (Å²) in [4.78, 5) is 24.6. The smallest absolute Gasteiger partial charge is 0.306 e. The number of unbranched alkanes of at least 4 members (excludes halogenated alkanes) is 13. The molecule has 0 aromatic carbocycles. The minimum atomic E-state index is -0.815. The van der Waals surface area contributed by atoms with E-state index in [9.17, 15) is 14.7 Å². The number of carbonyl (C=O) groups excluding carboxylic acids is 2. The zero-order valence-electron chi connectivity index (χ0n) is 50.7. The highest BCUT2D eigenvalue weighted by Crippen LogP contribution is 2.14. The summed E-state index contributed by atoms with van der Waals surface area (Å²) in [6, 6.07) is 0. The maximum Gasteiger partial charge on any atom is 0.306 e. The average molecular weight is 1100 g/mol. The van der Waals surface area contributed by atoms with Gasteiger partial charge in [-0.3, -0.25) is 9.59 Å². The van der Waals surface area contributed by atoms with Gasteiger partial charge in [0.05, 0.1) is 6.61 Å². The van der Waals surface area contributed by atoms with Gasteiger partial charge in [0.2, 0.25) is 0 Å². The first-order chi connectivity index (χ1) is 39.6. The maximum absolute atomic E-state index is 12.3. The zero-order chi connectivity index (χ0) is 57.6. The van der Waals surface area contributed by atoms with Crippen molar-refractivity contribution in [2.45, 2.75) is 238 Å². The first-order valence-electron chi connectivity index (χ1n) is 31.6. The van der Waals surface area contributed by atoms with Gasteiger partial charge >= 0.3 is 11.9 Å². The second-order valence-electron chi connectivity index (χ2n) is 20.0. The Morgan fingerprint density at radius 1 is 0.287 bits per heavy atom. The highest BCUT2D eigenvalue weighted by atomic mass is 16.6. The van der Waals surface area contributed by atoms with Crippen LogP contribution in [0, 0.1) is 0 Å². The molecule has 1 atom stereocenters. The molecule has 444 valence electrons. The second kappa shape index (κ2) is 67.8. The van der Waals surface area contributed by atoms with Crippen LogP contribution in [0.15, 0.2) is 207 Å². The summed E-state index contributed by atoms with van der Waals surface area (Å²) in [5, 5.41) is 9.68. The van der Waals surface area contributed by atoms with Gasteiger partial charge in [-0.2, -0.15) is 0 Å². The fourth-order valence-electron chi connectivity index (χ4n) is 7.92. The number of rotatable bonds is 55. The molecule has 0 aromatic rings. The lowest BCUT2D eigenvalue weighted by molar-refractivity contribution is -0.161. The van der Waals surface area contributed by atoms with Gasteiger partial charge in [0.1, 0.15) is 6.61 Å². The molecule has 1 N–H and O–H groups in total. The van der Waals surface area contributed by atoms with Crippen LogP contribution in [0.4, 0.5) is 0 Å². The number of ether oxygens (including phenoxy) is 2. The van der Waals surface area contributed by atoms with Crippen LogP contribution in [0.5, 0.6) is 0 Å². The number of hydrogen-bond acceptors (Lipinski definition) is 5. The van der Waals surface area contributed by atoms with Crippen LogP contribution >= 0.6 is 0 Å². The van der Waals surface area contributed by atoms with Crippen LogP contribution in [-0.2, 0) is 19.1 Å². The molecule has 1 unspecified atom stereocenters. The van der Waals surface area contributed by atoms with Crippen molar-refractivity contribution < 1.29 is 24.2 Å². The van der Waals surface area contributed by atoms with Gasteiger partial charge in [-0.15, -0.1) is 0 Å². The van der Waals surface area contributed by atoms with Gasteiger partial charge in [0.25, 0.3) is 0 Å². The molecule has 0 amide bonds. The third-order valence-electron chi connectivity index (χ3n) is 12.6. The summed E-state index contributed by atoms with van der Waals surface area (Å²) in [6.45, 7) is 3.86. The molecule has 0 saturated carbocycles. The maximum atomic E-state index is 12.3. The number of esters is 2. The van der Waals surface area contributed by atoms with Gasteiger partial charge in [-0.25, -0.2) is 0 Å². The van der Waals surface area contributed by atoms with Crippen molar-refractivity contribution in [1.82, 2.24) is 0 Å². The van der Waals surface area contributed by atoms with Crippen LogP contribution in [0.2, 0.25) is 0 Å². The molecule has 0 spiro atoms. The number of carbonyl (C=O) groups is 2. The molecule has 80 heavy (non-hydrogen) atoms. The van der Waals surface area contributed by atoms with Crippen molar-refractivity contribution in [2.24, 2.45) is 0 Å². The van der Waals surface area contributed by atoms with Gasteiger partial charge in [-0.05, 0) is 148 Å². The quantitative estimate of drug-likeness (QED) is 0.0373. The molecular formula is C75H114O5. The molecule has 0 saturated heterocycles. The SMILES string of the molecule is CC/C=C\C/C=C\C/C=C\C/C=C\C/C=C\C/C=C\C/C=C\C/C=C\C/C=C\C/C=C\CCCCC(=O)OC(CO)COC(=O)CCCCCCCCCCCCC/C=C\C/C=C\C/C=C\C/C=C\C/C=C\C/C=C\C/C=C\CC. The highest BCUT2D eigenvalue weighted by Gasteiger charge is 2.16. The van der Waals surface area contributed by atoms with Crippen molar-refractivity contribution in [2.75, 3.05) is 13.2 Å². The van der Waals surface area contributed by atoms with E-state index in [1.165, 1.54) is 57.8 Å². The summed E-state index contributed by atoms with van der Waals surface area (Å²) in [6.07, 6.45) is 110. The normalized spacial score (nSPS) is 13.7. The Labute approximate surface area is 491 Å². The molecule has 0 radical (unpaired) electrons.